The Labute approximate surface area is 120 Å². The first-order chi connectivity index (χ1) is 9.25. The van der Waals surface area contributed by atoms with Gasteiger partial charge in [0.15, 0.2) is 0 Å². The van der Waals surface area contributed by atoms with Crippen LogP contribution in [0, 0.1) is 6.92 Å². The molecule has 1 aliphatic heterocycles. The molecule has 2 rings (SSSR count). The van der Waals surface area contributed by atoms with Crippen molar-refractivity contribution in [3.63, 3.8) is 0 Å². The summed E-state index contributed by atoms with van der Waals surface area (Å²) in [6.45, 7) is 6.05. The number of aryl methyl sites for hydroxylation is 1. The Morgan fingerprint density at radius 3 is 2.40 bits per heavy atom. The monoisotopic (exact) mass is 298 g/mol. The van der Waals surface area contributed by atoms with Crippen LogP contribution in [0.15, 0.2) is 23.1 Å². The minimum atomic E-state index is -3.67. The number of rotatable bonds is 3. The Balaban J connectivity index is 2.20. The zero-order chi connectivity index (χ0) is 14.9. The average molecular weight is 298 g/mol. The van der Waals surface area contributed by atoms with Crippen LogP contribution in [0.4, 0.5) is 5.69 Å². The highest BCUT2D eigenvalue weighted by atomic mass is 32.2. The van der Waals surface area contributed by atoms with Crippen LogP contribution in [-0.4, -0.2) is 26.7 Å². The van der Waals surface area contributed by atoms with E-state index in [9.17, 15) is 8.42 Å². The van der Waals surface area contributed by atoms with Crippen LogP contribution in [0.2, 0.25) is 0 Å². The van der Waals surface area contributed by atoms with Crippen LogP contribution >= 0.6 is 0 Å². The summed E-state index contributed by atoms with van der Waals surface area (Å²) in [6.07, 6.45) is 2.23. The summed E-state index contributed by atoms with van der Waals surface area (Å²) in [5.41, 5.74) is 1.83. The molecule has 5 nitrogen and oxygen atoms in total. The lowest BCUT2D eigenvalue weighted by molar-refractivity contribution is -0.0337. The number of anilines is 1. The smallest absolute Gasteiger partial charge is 0.238 e. The molecule has 0 aromatic heterocycles. The van der Waals surface area contributed by atoms with Crippen molar-refractivity contribution in [1.82, 2.24) is 0 Å². The van der Waals surface area contributed by atoms with E-state index in [2.05, 4.69) is 19.2 Å². The van der Waals surface area contributed by atoms with Gasteiger partial charge in [-0.25, -0.2) is 13.6 Å². The number of hydrogen-bond acceptors (Lipinski definition) is 4. The van der Waals surface area contributed by atoms with Gasteiger partial charge in [0, 0.05) is 11.7 Å². The molecular weight excluding hydrogens is 276 g/mol. The molecule has 1 heterocycles. The van der Waals surface area contributed by atoms with Crippen LogP contribution in [0.25, 0.3) is 0 Å². The lowest BCUT2D eigenvalue weighted by atomic mass is 9.99. The quantitative estimate of drug-likeness (QED) is 0.894. The molecule has 1 aromatic carbocycles. The molecule has 0 spiro atoms. The number of sulfonamides is 1. The van der Waals surface area contributed by atoms with Gasteiger partial charge in [-0.1, -0.05) is 6.07 Å². The van der Waals surface area contributed by atoms with Gasteiger partial charge in [0.1, 0.15) is 0 Å². The molecule has 6 heteroatoms. The minimum absolute atomic E-state index is 0.138. The van der Waals surface area contributed by atoms with E-state index < -0.39 is 10.0 Å². The summed E-state index contributed by atoms with van der Waals surface area (Å²) in [4.78, 5) is 0.138. The lowest BCUT2D eigenvalue weighted by Crippen LogP contribution is -2.37. The van der Waals surface area contributed by atoms with E-state index in [4.69, 9.17) is 9.88 Å². The second kappa shape index (κ2) is 5.71. The molecule has 20 heavy (non-hydrogen) atoms. The predicted octanol–water partition coefficient (Wildman–Crippen LogP) is 2.01. The molecule has 0 aliphatic carbocycles. The molecule has 0 bridgehead atoms. The van der Waals surface area contributed by atoms with Gasteiger partial charge in [0.25, 0.3) is 0 Å². The molecule has 112 valence electrons. The van der Waals surface area contributed by atoms with E-state index in [0.717, 1.165) is 24.1 Å². The standard InChI is InChI=1S/C14H22N2O3S/c1-9-4-5-13(20(15,17)18)8-14(9)16-12-6-10(2)19-11(3)7-12/h4-5,8,10-12,16H,6-7H2,1-3H3,(H2,15,17,18). The van der Waals surface area contributed by atoms with Crippen molar-refractivity contribution in [2.75, 3.05) is 5.32 Å². The second-order valence-corrected chi connectivity index (χ2v) is 7.15. The van der Waals surface area contributed by atoms with Crippen molar-refractivity contribution in [3.8, 4) is 0 Å². The van der Waals surface area contributed by atoms with Gasteiger partial charge >= 0.3 is 0 Å². The van der Waals surface area contributed by atoms with Gasteiger partial charge in [-0.2, -0.15) is 0 Å². The molecule has 1 aromatic rings. The summed E-state index contributed by atoms with van der Waals surface area (Å²) in [5.74, 6) is 0. The first-order valence-corrected chi connectivity index (χ1v) is 8.36. The predicted molar refractivity (Wildman–Crippen MR) is 79.2 cm³/mol. The minimum Gasteiger partial charge on any atom is -0.382 e. The number of benzene rings is 1. The number of hydrogen-bond donors (Lipinski definition) is 2. The highest BCUT2D eigenvalue weighted by Crippen LogP contribution is 2.26. The maximum absolute atomic E-state index is 11.4. The second-order valence-electron chi connectivity index (χ2n) is 5.59. The van der Waals surface area contributed by atoms with Gasteiger partial charge in [0.2, 0.25) is 10.0 Å². The molecule has 0 saturated carbocycles. The molecule has 0 amide bonds. The van der Waals surface area contributed by atoms with Gasteiger partial charge in [-0.15, -0.1) is 0 Å². The van der Waals surface area contributed by atoms with Crippen LogP contribution in [0.5, 0.6) is 0 Å². The maximum Gasteiger partial charge on any atom is 0.238 e. The Bertz CT molecular complexity index is 576. The molecule has 0 radical (unpaired) electrons. The van der Waals surface area contributed by atoms with E-state index in [1.165, 1.54) is 6.07 Å². The van der Waals surface area contributed by atoms with E-state index in [-0.39, 0.29) is 23.1 Å². The van der Waals surface area contributed by atoms with Gasteiger partial charge in [-0.3, -0.25) is 0 Å². The third-order valence-electron chi connectivity index (χ3n) is 3.59. The SMILES string of the molecule is Cc1ccc(S(N)(=O)=O)cc1NC1CC(C)OC(C)C1. The zero-order valence-electron chi connectivity index (χ0n) is 12.1. The van der Waals surface area contributed by atoms with E-state index in [1.54, 1.807) is 12.1 Å². The molecule has 1 saturated heterocycles. The number of ether oxygens (including phenoxy) is 1. The van der Waals surface area contributed by atoms with Crippen molar-refractivity contribution in [2.24, 2.45) is 5.14 Å². The summed E-state index contributed by atoms with van der Waals surface area (Å²) >= 11 is 0. The Hall–Kier alpha value is -1.11. The van der Waals surface area contributed by atoms with Crippen molar-refractivity contribution in [3.05, 3.63) is 23.8 Å². The molecule has 1 fully saturated rings. The molecular formula is C14H22N2O3S. The van der Waals surface area contributed by atoms with E-state index >= 15 is 0 Å². The Kier molecular flexibility index (Phi) is 4.36. The summed E-state index contributed by atoms with van der Waals surface area (Å²) in [7, 11) is -3.67. The summed E-state index contributed by atoms with van der Waals surface area (Å²) in [5, 5.41) is 8.60. The number of nitrogens with one attached hydrogen (secondary N) is 1. The highest BCUT2D eigenvalue weighted by molar-refractivity contribution is 7.89. The van der Waals surface area contributed by atoms with E-state index in [0.29, 0.717) is 0 Å². The average Bonchev–Trinajstić information content (AvgIpc) is 2.29. The maximum atomic E-state index is 11.4. The van der Waals surface area contributed by atoms with Crippen molar-refractivity contribution >= 4 is 15.7 Å². The Morgan fingerprint density at radius 1 is 1.25 bits per heavy atom. The number of primary sulfonamides is 1. The fourth-order valence-electron chi connectivity index (χ4n) is 2.68. The molecule has 2 unspecified atom stereocenters. The first-order valence-electron chi connectivity index (χ1n) is 6.81. The third kappa shape index (κ3) is 3.71. The highest BCUT2D eigenvalue weighted by Gasteiger charge is 2.24. The third-order valence-corrected chi connectivity index (χ3v) is 4.51. The van der Waals surface area contributed by atoms with Crippen molar-refractivity contribution in [2.45, 2.75) is 56.8 Å². The fourth-order valence-corrected chi connectivity index (χ4v) is 3.22. The fraction of sp³-hybridized carbons (Fsp3) is 0.571. The van der Waals surface area contributed by atoms with Gasteiger partial charge in [0.05, 0.1) is 17.1 Å². The largest absolute Gasteiger partial charge is 0.382 e. The molecule has 1 aliphatic rings. The van der Waals surface area contributed by atoms with Gasteiger partial charge < -0.3 is 10.1 Å². The van der Waals surface area contributed by atoms with Crippen molar-refractivity contribution < 1.29 is 13.2 Å². The summed E-state index contributed by atoms with van der Waals surface area (Å²) in [6, 6.07) is 5.19. The zero-order valence-corrected chi connectivity index (χ0v) is 12.9. The van der Waals surface area contributed by atoms with Crippen molar-refractivity contribution in [1.29, 1.82) is 0 Å². The van der Waals surface area contributed by atoms with Crippen LogP contribution in [0.3, 0.4) is 0 Å². The van der Waals surface area contributed by atoms with Crippen LogP contribution in [-0.2, 0) is 14.8 Å². The van der Waals surface area contributed by atoms with Crippen LogP contribution in [0.1, 0.15) is 32.3 Å². The summed E-state index contributed by atoms with van der Waals surface area (Å²) < 4.78 is 28.6. The van der Waals surface area contributed by atoms with Gasteiger partial charge in [-0.05, 0) is 51.3 Å². The molecule has 3 N–H and O–H groups in total. The lowest BCUT2D eigenvalue weighted by Gasteiger charge is -2.33. The molecule has 2 atom stereocenters. The van der Waals surface area contributed by atoms with E-state index in [1.807, 2.05) is 6.92 Å². The van der Waals surface area contributed by atoms with Crippen LogP contribution < -0.4 is 10.5 Å². The first kappa shape index (κ1) is 15.3. The Morgan fingerprint density at radius 2 is 1.85 bits per heavy atom. The normalized spacial score (nSPS) is 27.3. The number of nitrogens with two attached hydrogens (primary N) is 1. The topological polar surface area (TPSA) is 81.4 Å².